The van der Waals surface area contributed by atoms with Gasteiger partial charge in [0.1, 0.15) is 30.5 Å². The molecule has 0 bridgehead atoms. The molecule has 5 heteroatoms. The number of para-hydroxylation sites is 1. The monoisotopic (exact) mass is 428 g/mol. The lowest BCUT2D eigenvalue weighted by atomic mass is 9.78. The molecule has 0 N–H and O–H groups in total. The molecule has 0 saturated heterocycles. The fraction of sp³-hybridized carbons (Fsp3) is 0.308. The lowest BCUT2D eigenvalue weighted by Crippen LogP contribution is -2.31. The second-order valence-electron chi connectivity index (χ2n) is 7.70. The zero-order chi connectivity index (χ0) is 22.1. The van der Waals surface area contributed by atoms with E-state index in [1.807, 2.05) is 54.6 Å². The van der Waals surface area contributed by atoms with Gasteiger partial charge in [0, 0.05) is 0 Å². The first kappa shape index (κ1) is 22.7. The molecule has 3 rings (SSSR count). The van der Waals surface area contributed by atoms with E-state index in [0.717, 1.165) is 17.1 Å². The van der Waals surface area contributed by atoms with Gasteiger partial charge in [-0.25, -0.2) is 13.2 Å². The zero-order valence-electron chi connectivity index (χ0n) is 17.6. The van der Waals surface area contributed by atoms with Crippen molar-refractivity contribution in [3.63, 3.8) is 0 Å². The van der Waals surface area contributed by atoms with Crippen LogP contribution in [-0.4, -0.2) is 19.7 Å². The van der Waals surface area contributed by atoms with Gasteiger partial charge in [-0.2, -0.15) is 0 Å². The Morgan fingerprint density at radius 2 is 1.55 bits per heavy atom. The first-order chi connectivity index (χ1) is 15.0. The Bertz CT molecular complexity index is 929. The number of alkyl halides is 3. The van der Waals surface area contributed by atoms with E-state index < -0.39 is 18.5 Å². The van der Waals surface area contributed by atoms with Crippen molar-refractivity contribution in [1.29, 1.82) is 0 Å². The maximum absolute atomic E-state index is 14.0. The van der Waals surface area contributed by atoms with Crippen LogP contribution in [0.2, 0.25) is 0 Å². The van der Waals surface area contributed by atoms with Crippen LogP contribution in [0.5, 0.6) is 17.2 Å². The van der Waals surface area contributed by atoms with Crippen LogP contribution in [0.3, 0.4) is 0 Å². The van der Waals surface area contributed by atoms with Crippen LogP contribution < -0.4 is 9.47 Å². The highest BCUT2D eigenvalue weighted by molar-refractivity contribution is 5.35. The minimum absolute atomic E-state index is 0.0431. The molecule has 0 saturated carbocycles. The van der Waals surface area contributed by atoms with E-state index in [-0.39, 0.29) is 6.61 Å². The second kappa shape index (κ2) is 10.9. The van der Waals surface area contributed by atoms with Crippen molar-refractivity contribution in [1.82, 2.24) is 0 Å². The standard InChI is InChI=1S/C26H27F3O2/c1-26(25(28)29,21-12-14-22(15-13-21)30-18-17-27)16-6-8-20-7-5-11-24(19-20)31-23-9-3-2-4-10-23/h2-5,7,9-15,19,25H,6,8,16-18H2,1H3. The molecule has 1 atom stereocenters. The topological polar surface area (TPSA) is 18.5 Å². The molecule has 0 fully saturated rings. The SMILES string of the molecule is CC(CCCc1cccc(Oc2ccccc2)c1)(c1ccc(OCCF)cc1)C(F)F. The quantitative estimate of drug-likeness (QED) is 0.317. The van der Waals surface area contributed by atoms with Crippen molar-refractivity contribution >= 4 is 0 Å². The molecule has 0 aliphatic heterocycles. The fourth-order valence-corrected chi connectivity index (χ4v) is 3.52. The summed E-state index contributed by atoms with van der Waals surface area (Å²) >= 11 is 0. The summed E-state index contributed by atoms with van der Waals surface area (Å²) in [5.74, 6) is 1.96. The molecule has 3 aromatic rings. The van der Waals surface area contributed by atoms with Gasteiger partial charge in [-0.1, -0.05) is 49.4 Å². The van der Waals surface area contributed by atoms with E-state index in [9.17, 15) is 13.2 Å². The Hall–Kier alpha value is -2.95. The Kier molecular flexibility index (Phi) is 7.99. The maximum atomic E-state index is 14.0. The van der Waals surface area contributed by atoms with E-state index in [1.54, 1.807) is 31.2 Å². The molecule has 0 aliphatic rings. The van der Waals surface area contributed by atoms with Crippen LogP contribution in [0.4, 0.5) is 13.2 Å². The molecule has 31 heavy (non-hydrogen) atoms. The second-order valence-corrected chi connectivity index (χ2v) is 7.70. The van der Waals surface area contributed by atoms with Crippen LogP contribution >= 0.6 is 0 Å². The average Bonchev–Trinajstić information content (AvgIpc) is 2.79. The molecule has 0 aromatic heterocycles. The highest BCUT2D eigenvalue weighted by atomic mass is 19.3. The third-order valence-corrected chi connectivity index (χ3v) is 5.38. The molecule has 0 spiro atoms. The molecule has 0 radical (unpaired) electrons. The molecule has 1 unspecified atom stereocenters. The minimum atomic E-state index is -2.50. The summed E-state index contributed by atoms with van der Waals surface area (Å²) in [5, 5.41) is 0. The third kappa shape index (κ3) is 6.27. The normalized spacial score (nSPS) is 13.1. The summed E-state index contributed by atoms with van der Waals surface area (Å²) in [5.41, 5.74) is 0.327. The number of aryl methyl sites for hydroxylation is 1. The van der Waals surface area contributed by atoms with Crippen molar-refractivity contribution < 1.29 is 22.6 Å². The summed E-state index contributed by atoms with van der Waals surface area (Å²) < 4.78 is 51.3. The van der Waals surface area contributed by atoms with Crippen molar-refractivity contribution in [2.45, 2.75) is 38.0 Å². The van der Waals surface area contributed by atoms with Crippen LogP contribution in [0.1, 0.15) is 30.9 Å². The lowest BCUT2D eigenvalue weighted by molar-refractivity contribution is 0.0526. The van der Waals surface area contributed by atoms with Crippen molar-refractivity contribution in [2.24, 2.45) is 0 Å². The van der Waals surface area contributed by atoms with Gasteiger partial charge in [0.25, 0.3) is 0 Å². The van der Waals surface area contributed by atoms with Gasteiger partial charge in [-0.3, -0.25) is 0 Å². The maximum Gasteiger partial charge on any atom is 0.247 e. The van der Waals surface area contributed by atoms with Gasteiger partial charge in [-0.05, 0) is 66.8 Å². The molecule has 164 valence electrons. The summed E-state index contributed by atoms with van der Waals surface area (Å²) in [7, 11) is 0. The first-order valence-electron chi connectivity index (χ1n) is 10.4. The average molecular weight is 428 g/mol. The summed E-state index contributed by atoms with van der Waals surface area (Å²) in [6, 6.07) is 23.8. The smallest absolute Gasteiger partial charge is 0.247 e. The van der Waals surface area contributed by atoms with Gasteiger partial charge in [0.15, 0.2) is 0 Å². The minimum Gasteiger partial charge on any atom is -0.491 e. The molecule has 0 aliphatic carbocycles. The molecule has 3 aromatic carbocycles. The van der Waals surface area contributed by atoms with E-state index in [1.165, 1.54) is 0 Å². The number of hydrogen-bond donors (Lipinski definition) is 0. The predicted molar refractivity (Wildman–Crippen MR) is 117 cm³/mol. The first-order valence-corrected chi connectivity index (χ1v) is 10.4. The number of hydrogen-bond acceptors (Lipinski definition) is 2. The van der Waals surface area contributed by atoms with Gasteiger partial charge in [0.2, 0.25) is 6.43 Å². The molecular weight excluding hydrogens is 401 g/mol. The van der Waals surface area contributed by atoms with Gasteiger partial charge < -0.3 is 9.47 Å². The van der Waals surface area contributed by atoms with Crippen LogP contribution in [0.15, 0.2) is 78.9 Å². The van der Waals surface area contributed by atoms with Crippen molar-refractivity contribution in [3.8, 4) is 17.2 Å². The lowest BCUT2D eigenvalue weighted by Gasteiger charge is -2.29. The Labute approximate surface area is 181 Å². The Morgan fingerprint density at radius 1 is 0.839 bits per heavy atom. The highest BCUT2D eigenvalue weighted by Gasteiger charge is 2.36. The fourth-order valence-electron chi connectivity index (χ4n) is 3.52. The molecule has 2 nitrogen and oxygen atoms in total. The van der Waals surface area contributed by atoms with E-state index in [0.29, 0.717) is 30.6 Å². The van der Waals surface area contributed by atoms with Gasteiger partial charge in [0.05, 0.1) is 5.41 Å². The summed E-state index contributed by atoms with van der Waals surface area (Å²) in [6.07, 6.45) is -0.890. The molecule has 0 amide bonds. The Morgan fingerprint density at radius 3 is 2.23 bits per heavy atom. The van der Waals surface area contributed by atoms with Crippen LogP contribution in [-0.2, 0) is 11.8 Å². The van der Waals surface area contributed by atoms with Gasteiger partial charge in [-0.15, -0.1) is 0 Å². The highest BCUT2D eigenvalue weighted by Crippen LogP contribution is 2.37. The summed E-state index contributed by atoms with van der Waals surface area (Å²) in [4.78, 5) is 0. The van der Waals surface area contributed by atoms with Crippen LogP contribution in [0.25, 0.3) is 0 Å². The molecular formula is C26H27F3O2. The largest absolute Gasteiger partial charge is 0.491 e. The predicted octanol–water partition coefficient (Wildman–Crippen LogP) is 7.37. The van der Waals surface area contributed by atoms with Crippen molar-refractivity contribution in [3.05, 3.63) is 90.0 Å². The third-order valence-electron chi connectivity index (χ3n) is 5.38. The number of benzene rings is 3. The van der Waals surface area contributed by atoms with E-state index in [2.05, 4.69) is 0 Å². The molecule has 0 heterocycles. The Balaban J connectivity index is 1.62. The number of halogens is 3. The van der Waals surface area contributed by atoms with Crippen molar-refractivity contribution in [2.75, 3.05) is 13.3 Å². The van der Waals surface area contributed by atoms with Crippen LogP contribution in [0, 0.1) is 0 Å². The van der Waals surface area contributed by atoms with E-state index in [4.69, 9.17) is 9.47 Å². The van der Waals surface area contributed by atoms with Gasteiger partial charge >= 0.3 is 0 Å². The number of rotatable bonds is 11. The summed E-state index contributed by atoms with van der Waals surface area (Å²) in [6.45, 7) is 0.955. The van der Waals surface area contributed by atoms with E-state index >= 15 is 0 Å². The zero-order valence-corrected chi connectivity index (χ0v) is 17.6. The number of ether oxygens (including phenoxy) is 2.